The van der Waals surface area contributed by atoms with Crippen molar-refractivity contribution in [3.05, 3.63) is 70.9 Å². The zero-order valence-electron chi connectivity index (χ0n) is 33.0. The second-order valence-electron chi connectivity index (χ2n) is 17.3. The van der Waals surface area contributed by atoms with Crippen LogP contribution in [-0.4, -0.2) is 121 Å². The first kappa shape index (κ1) is 37.4. The number of fused-ring (bicyclic) bond motifs is 6. The number of aliphatic hydroxyl groups is 2. The van der Waals surface area contributed by atoms with Crippen molar-refractivity contribution in [3.8, 4) is 5.75 Å². The molecular weight excluding hydrogens is 713 g/mol. The summed E-state index contributed by atoms with van der Waals surface area (Å²) in [5.74, 6) is -1.72. The average molecular weight is 767 g/mol. The molecule has 6 aliphatic rings. The van der Waals surface area contributed by atoms with Crippen molar-refractivity contribution >= 4 is 34.9 Å². The minimum absolute atomic E-state index is 0.0905. The Morgan fingerprint density at radius 1 is 1.04 bits per heavy atom. The number of rotatable bonds is 7. The maximum Gasteiger partial charge on any atom is 0.322 e. The normalized spacial score (nSPS) is 37.0. The number of aromatic amines is 1. The molecule has 56 heavy (non-hydrogen) atoms. The summed E-state index contributed by atoms with van der Waals surface area (Å²) >= 11 is 0. The van der Waals surface area contributed by atoms with E-state index in [4.69, 9.17) is 14.2 Å². The molecule has 1 saturated carbocycles. The number of carbonyl (C=O) groups is 3. The van der Waals surface area contributed by atoms with Crippen molar-refractivity contribution in [1.82, 2.24) is 14.8 Å². The van der Waals surface area contributed by atoms with Gasteiger partial charge in [0.25, 0.3) is 0 Å². The molecule has 12 nitrogen and oxygen atoms in total. The second-order valence-corrected chi connectivity index (χ2v) is 17.3. The molecule has 9 rings (SSSR count). The van der Waals surface area contributed by atoms with Gasteiger partial charge in [-0.2, -0.15) is 0 Å². The van der Waals surface area contributed by atoms with E-state index in [0.717, 1.165) is 34.1 Å². The minimum atomic E-state index is -1.42. The molecule has 2 saturated heterocycles. The minimum Gasteiger partial charge on any atom is -0.496 e. The summed E-state index contributed by atoms with van der Waals surface area (Å²) in [5.41, 5.74) is 0.803. The largest absolute Gasteiger partial charge is 0.496 e. The van der Waals surface area contributed by atoms with Gasteiger partial charge in [-0.3, -0.25) is 24.2 Å². The van der Waals surface area contributed by atoms with E-state index in [9.17, 15) is 19.8 Å². The van der Waals surface area contributed by atoms with E-state index in [0.29, 0.717) is 88.2 Å². The summed E-state index contributed by atoms with van der Waals surface area (Å²) in [5, 5.41) is 25.3. The van der Waals surface area contributed by atoms with Gasteiger partial charge in [-0.1, -0.05) is 44.2 Å². The SMILES string of the molecule is CC[C@]1(O)C[C@H]2CN(CCc3c([nH]c4ccccc34)[C@@](C(=O)OC)(c3cc4c(cc3OC)N(C=O)[C@H]3[C@@H](C(=O)OC)[C@H](O)[C@]5(CC)C=CCN6CC[C@]43[C@@H]65)C2)C1. The molecule has 10 atom stereocenters. The van der Waals surface area contributed by atoms with E-state index in [1.165, 1.54) is 14.2 Å². The van der Waals surface area contributed by atoms with Crippen molar-refractivity contribution in [2.45, 2.75) is 87.0 Å². The Kier molecular flexibility index (Phi) is 8.78. The number of ether oxygens (including phenoxy) is 3. The number of methoxy groups -OCH3 is 3. The zero-order chi connectivity index (χ0) is 39.4. The third-order valence-corrected chi connectivity index (χ3v) is 15.2. The number of hydrogen-bond acceptors (Lipinski definition) is 10. The van der Waals surface area contributed by atoms with E-state index in [-0.39, 0.29) is 12.0 Å². The number of nitrogens with one attached hydrogen (secondary N) is 1. The third-order valence-electron chi connectivity index (χ3n) is 15.2. The standard InChI is InChI=1S/C44H54N4O8/c1-6-41(53)21-26-22-44(40(52)56-5,35-28(13-17-46(23-26)24-41)27-11-8-9-12-31(27)45-35)30-19-29-32(20-33(30)54-3)48(25-49)36-34(38(51)55-4)37(50)42(7-2)14-10-16-47-18-15-43(29,36)39(42)47/h8-12,14,19-20,25-26,34,36-37,39,45,50,53H,6-7,13,15-18,21-24H2,1-5H3/t26-,34-,36+,37+,39+,41+,42+,43+,44+/m1/s1. The number of aromatic nitrogens is 1. The van der Waals surface area contributed by atoms with Crippen LogP contribution in [0.3, 0.4) is 0 Å². The number of aliphatic hydroxyl groups excluding tert-OH is 1. The van der Waals surface area contributed by atoms with Crippen LogP contribution in [-0.2, 0) is 41.1 Å². The van der Waals surface area contributed by atoms with Gasteiger partial charge < -0.3 is 34.3 Å². The van der Waals surface area contributed by atoms with Gasteiger partial charge in [0.15, 0.2) is 0 Å². The monoisotopic (exact) mass is 766 g/mol. The molecular formula is C44H54N4O8. The Morgan fingerprint density at radius 3 is 2.55 bits per heavy atom. The topological polar surface area (TPSA) is 145 Å². The van der Waals surface area contributed by atoms with E-state index in [1.807, 2.05) is 31.2 Å². The van der Waals surface area contributed by atoms with Crippen LogP contribution in [0.1, 0.15) is 68.3 Å². The molecule has 1 aromatic heterocycles. The van der Waals surface area contributed by atoms with E-state index < -0.39 is 51.8 Å². The van der Waals surface area contributed by atoms with Gasteiger partial charge in [-0.05, 0) is 74.2 Å². The molecule has 1 aliphatic carbocycles. The number of anilines is 1. The highest BCUT2D eigenvalue weighted by atomic mass is 16.5. The predicted molar refractivity (Wildman–Crippen MR) is 210 cm³/mol. The molecule has 5 aliphatic heterocycles. The molecule has 2 bridgehead atoms. The van der Waals surface area contributed by atoms with Crippen LogP contribution in [0.25, 0.3) is 10.9 Å². The number of para-hydroxylation sites is 1. The lowest BCUT2D eigenvalue weighted by atomic mass is 9.49. The molecule has 6 heterocycles. The highest BCUT2D eigenvalue weighted by Gasteiger charge is 2.74. The predicted octanol–water partition coefficient (Wildman–Crippen LogP) is 3.83. The number of H-pyrrole nitrogens is 1. The Balaban J connectivity index is 1.36. The van der Waals surface area contributed by atoms with Crippen molar-refractivity contribution in [2.24, 2.45) is 17.3 Å². The van der Waals surface area contributed by atoms with Crippen LogP contribution in [0.15, 0.2) is 48.6 Å². The summed E-state index contributed by atoms with van der Waals surface area (Å²) in [6.45, 7) is 7.44. The van der Waals surface area contributed by atoms with Crippen molar-refractivity contribution < 1.29 is 38.8 Å². The summed E-state index contributed by atoms with van der Waals surface area (Å²) in [7, 11) is 4.34. The van der Waals surface area contributed by atoms with Gasteiger partial charge in [0.2, 0.25) is 6.41 Å². The van der Waals surface area contributed by atoms with Gasteiger partial charge in [0.1, 0.15) is 17.1 Å². The Labute approximate surface area is 327 Å². The number of hydrogen-bond donors (Lipinski definition) is 3. The number of piperidine rings is 1. The molecule has 1 amide bonds. The van der Waals surface area contributed by atoms with Crippen LogP contribution in [0.2, 0.25) is 0 Å². The Hall–Kier alpha value is -4.23. The zero-order valence-corrected chi connectivity index (χ0v) is 33.0. The lowest BCUT2D eigenvalue weighted by molar-refractivity contribution is -0.167. The van der Waals surface area contributed by atoms with Crippen molar-refractivity contribution in [3.63, 3.8) is 0 Å². The highest BCUT2D eigenvalue weighted by molar-refractivity contribution is 5.95. The first-order valence-corrected chi connectivity index (χ1v) is 20.3. The van der Waals surface area contributed by atoms with Gasteiger partial charge in [0.05, 0.1) is 44.8 Å². The first-order chi connectivity index (χ1) is 27.0. The molecule has 0 radical (unpaired) electrons. The number of esters is 2. The number of benzene rings is 2. The lowest BCUT2D eigenvalue weighted by Gasteiger charge is -2.60. The van der Waals surface area contributed by atoms with E-state index >= 15 is 4.79 Å². The van der Waals surface area contributed by atoms with E-state index in [1.54, 1.807) is 12.0 Å². The number of carbonyl (C=O) groups excluding carboxylic acids is 3. The summed E-state index contributed by atoms with van der Waals surface area (Å²) < 4.78 is 17.6. The summed E-state index contributed by atoms with van der Waals surface area (Å²) in [6, 6.07) is 11.1. The molecule has 3 N–H and O–H groups in total. The second kappa shape index (κ2) is 13.2. The maximum atomic E-state index is 15.2. The molecule has 2 aromatic carbocycles. The van der Waals surface area contributed by atoms with E-state index in [2.05, 4.69) is 46.0 Å². The highest BCUT2D eigenvalue weighted by Crippen LogP contribution is 2.67. The number of nitrogens with zero attached hydrogens (tertiary/aromatic N) is 3. The van der Waals surface area contributed by atoms with Crippen LogP contribution in [0.4, 0.5) is 5.69 Å². The maximum absolute atomic E-state index is 15.2. The van der Waals surface area contributed by atoms with Crippen molar-refractivity contribution in [2.75, 3.05) is 59.0 Å². The summed E-state index contributed by atoms with van der Waals surface area (Å²) in [4.78, 5) is 52.8. The molecule has 298 valence electrons. The molecule has 12 heteroatoms. The van der Waals surface area contributed by atoms with Gasteiger partial charge in [-0.15, -0.1) is 0 Å². The molecule has 1 unspecified atom stereocenters. The fourth-order valence-corrected chi connectivity index (χ4v) is 13.0. The first-order valence-electron chi connectivity index (χ1n) is 20.3. The quantitative estimate of drug-likeness (QED) is 0.185. The van der Waals surface area contributed by atoms with Crippen molar-refractivity contribution in [1.29, 1.82) is 0 Å². The Bertz CT molecular complexity index is 2130. The van der Waals surface area contributed by atoms with Crippen LogP contribution in [0, 0.1) is 17.3 Å². The summed E-state index contributed by atoms with van der Waals surface area (Å²) in [6.07, 6.45) is 7.13. The lowest BCUT2D eigenvalue weighted by Crippen LogP contribution is -2.73. The van der Waals surface area contributed by atoms with Gasteiger partial charge in [-0.25, -0.2) is 0 Å². The van der Waals surface area contributed by atoms with Gasteiger partial charge >= 0.3 is 11.9 Å². The van der Waals surface area contributed by atoms with Gasteiger partial charge in [0, 0.05) is 71.3 Å². The van der Waals surface area contributed by atoms with Crippen LogP contribution in [0.5, 0.6) is 5.75 Å². The van der Waals surface area contributed by atoms with Crippen LogP contribution >= 0.6 is 0 Å². The smallest absolute Gasteiger partial charge is 0.322 e. The third kappa shape index (κ3) is 4.76. The number of amides is 1. The van der Waals surface area contributed by atoms with Crippen LogP contribution < -0.4 is 9.64 Å². The fourth-order valence-electron chi connectivity index (χ4n) is 13.0. The molecule has 3 aromatic rings. The molecule has 1 spiro atoms. The average Bonchev–Trinajstić information content (AvgIpc) is 3.89. The fraction of sp³-hybridized carbons (Fsp3) is 0.568. The Morgan fingerprint density at radius 2 is 1.84 bits per heavy atom. The molecule has 3 fully saturated rings.